The third-order valence-corrected chi connectivity index (χ3v) is 3.09. The topological polar surface area (TPSA) is 78.5 Å². The van der Waals surface area contributed by atoms with Crippen LogP contribution in [0.5, 0.6) is 0 Å². The lowest BCUT2D eigenvalue weighted by atomic mass is 10.2. The van der Waals surface area contributed by atoms with E-state index >= 15 is 0 Å². The van der Waals surface area contributed by atoms with Crippen molar-refractivity contribution >= 4 is 28.5 Å². The molecule has 3 rings (SSSR count). The molecule has 0 spiro atoms. The maximum Gasteiger partial charge on any atom is 0.226 e. The third-order valence-electron chi connectivity index (χ3n) is 3.09. The van der Waals surface area contributed by atoms with Gasteiger partial charge in [0.25, 0.3) is 0 Å². The van der Waals surface area contributed by atoms with E-state index < -0.39 is 0 Å². The van der Waals surface area contributed by atoms with Crippen LogP contribution in [0.15, 0.2) is 24.4 Å². The van der Waals surface area contributed by atoms with Crippen molar-refractivity contribution in [2.75, 3.05) is 17.2 Å². The van der Waals surface area contributed by atoms with Crippen molar-refractivity contribution in [2.45, 2.75) is 13.8 Å². The highest BCUT2D eigenvalue weighted by atomic mass is 19.1. The Morgan fingerprint density at radius 3 is 2.90 bits per heavy atom. The Hall–Kier alpha value is -2.70. The van der Waals surface area contributed by atoms with Gasteiger partial charge in [0, 0.05) is 12.2 Å². The summed E-state index contributed by atoms with van der Waals surface area (Å²) in [6, 6.07) is 4.57. The number of nitrogens with zero attached hydrogens (tertiary/aromatic N) is 3. The molecule has 6 nitrogen and oxygen atoms in total. The zero-order chi connectivity index (χ0) is 14.8. The van der Waals surface area contributed by atoms with Gasteiger partial charge >= 0.3 is 0 Å². The van der Waals surface area contributed by atoms with E-state index in [9.17, 15) is 4.39 Å². The van der Waals surface area contributed by atoms with E-state index in [0.717, 1.165) is 16.6 Å². The van der Waals surface area contributed by atoms with Crippen LogP contribution in [0.4, 0.5) is 21.8 Å². The van der Waals surface area contributed by atoms with Gasteiger partial charge in [0.1, 0.15) is 11.6 Å². The van der Waals surface area contributed by atoms with Crippen molar-refractivity contribution in [3.63, 3.8) is 0 Å². The fourth-order valence-corrected chi connectivity index (χ4v) is 2.06. The highest BCUT2D eigenvalue weighted by Crippen LogP contribution is 2.25. The molecule has 0 aliphatic carbocycles. The van der Waals surface area contributed by atoms with Crippen LogP contribution in [0.1, 0.15) is 12.5 Å². The summed E-state index contributed by atoms with van der Waals surface area (Å²) in [6.45, 7) is 4.52. The molecule has 0 aliphatic rings. The molecule has 0 aliphatic heterocycles. The first-order chi connectivity index (χ1) is 10.2. The van der Waals surface area contributed by atoms with Crippen LogP contribution in [-0.4, -0.2) is 26.7 Å². The molecule has 2 heterocycles. The molecule has 0 fully saturated rings. The summed E-state index contributed by atoms with van der Waals surface area (Å²) in [5.74, 6) is 0.874. The molecule has 0 unspecified atom stereocenters. The van der Waals surface area contributed by atoms with Gasteiger partial charge in [0.05, 0.1) is 11.6 Å². The molecule has 0 atom stereocenters. The molecular formula is C14H15FN6. The van der Waals surface area contributed by atoms with Crippen molar-refractivity contribution in [1.82, 2.24) is 20.2 Å². The van der Waals surface area contributed by atoms with Gasteiger partial charge in [0.15, 0.2) is 5.65 Å². The van der Waals surface area contributed by atoms with Crippen LogP contribution in [0.25, 0.3) is 11.0 Å². The van der Waals surface area contributed by atoms with E-state index in [2.05, 4.69) is 30.8 Å². The molecular weight excluding hydrogens is 271 g/mol. The largest absolute Gasteiger partial charge is 0.354 e. The first-order valence-corrected chi connectivity index (χ1v) is 6.65. The van der Waals surface area contributed by atoms with Crippen LogP contribution >= 0.6 is 0 Å². The number of H-pyrrole nitrogens is 1. The summed E-state index contributed by atoms with van der Waals surface area (Å²) >= 11 is 0. The SMILES string of the molecule is CCNc1nc(Nc2ccc(F)cc2C)c2cn[nH]c2n1. The summed E-state index contributed by atoms with van der Waals surface area (Å²) in [5, 5.41) is 13.9. The number of hydrogen-bond acceptors (Lipinski definition) is 5. The molecule has 0 radical (unpaired) electrons. The van der Waals surface area contributed by atoms with Gasteiger partial charge in [-0.1, -0.05) is 0 Å². The van der Waals surface area contributed by atoms with Crippen LogP contribution in [0.2, 0.25) is 0 Å². The standard InChI is InChI=1S/C14H15FN6/c1-3-16-14-19-12(10-7-17-21-13(10)20-14)18-11-5-4-9(15)6-8(11)2/h4-7H,3H2,1-2H3,(H3,16,17,18,19,20,21). The molecule has 0 amide bonds. The van der Waals surface area contributed by atoms with Crippen molar-refractivity contribution in [3.05, 3.63) is 35.8 Å². The Morgan fingerprint density at radius 2 is 2.14 bits per heavy atom. The van der Waals surface area contributed by atoms with Crippen molar-refractivity contribution < 1.29 is 4.39 Å². The minimum absolute atomic E-state index is 0.262. The van der Waals surface area contributed by atoms with Gasteiger partial charge in [-0.3, -0.25) is 5.10 Å². The molecule has 1 aromatic carbocycles. The average molecular weight is 286 g/mol. The number of hydrogen-bond donors (Lipinski definition) is 3. The Labute approximate surface area is 120 Å². The molecule has 7 heteroatoms. The Bertz CT molecular complexity index is 782. The molecule has 2 aromatic heterocycles. The van der Waals surface area contributed by atoms with Gasteiger partial charge in [-0.2, -0.15) is 15.1 Å². The monoisotopic (exact) mass is 286 g/mol. The van der Waals surface area contributed by atoms with Gasteiger partial charge < -0.3 is 10.6 Å². The Morgan fingerprint density at radius 1 is 1.29 bits per heavy atom. The Kier molecular flexibility index (Phi) is 3.39. The van der Waals surface area contributed by atoms with E-state index in [4.69, 9.17) is 0 Å². The van der Waals surface area contributed by atoms with Crippen LogP contribution in [-0.2, 0) is 0 Å². The van der Waals surface area contributed by atoms with Crippen LogP contribution in [0.3, 0.4) is 0 Å². The number of rotatable bonds is 4. The second kappa shape index (κ2) is 5.35. The smallest absolute Gasteiger partial charge is 0.226 e. The number of anilines is 3. The van der Waals surface area contributed by atoms with Crippen LogP contribution in [0, 0.1) is 12.7 Å². The second-order valence-electron chi connectivity index (χ2n) is 4.64. The van der Waals surface area contributed by atoms with Gasteiger partial charge in [-0.05, 0) is 37.6 Å². The minimum atomic E-state index is -0.262. The number of aryl methyl sites for hydroxylation is 1. The normalized spacial score (nSPS) is 10.8. The molecule has 108 valence electrons. The summed E-state index contributed by atoms with van der Waals surface area (Å²) < 4.78 is 13.2. The summed E-state index contributed by atoms with van der Waals surface area (Å²) in [7, 11) is 0. The first kappa shape index (κ1) is 13.3. The van der Waals surface area contributed by atoms with Crippen molar-refractivity contribution in [3.8, 4) is 0 Å². The molecule has 0 bridgehead atoms. The molecule has 0 saturated heterocycles. The number of benzene rings is 1. The zero-order valence-electron chi connectivity index (χ0n) is 11.7. The van der Waals surface area contributed by atoms with Gasteiger partial charge in [-0.15, -0.1) is 0 Å². The quantitative estimate of drug-likeness (QED) is 0.687. The summed E-state index contributed by atoms with van der Waals surface area (Å²) in [6.07, 6.45) is 1.66. The van der Waals surface area contributed by atoms with E-state index in [1.165, 1.54) is 12.1 Å². The van der Waals surface area contributed by atoms with Crippen LogP contribution < -0.4 is 10.6 Å². The summed E-state index contributed by atoms with van der Waals surface area (Å²) in [5.41, 5.74) is 2.23. The van der Waals surface area contributed by atoms with Gasteiger partial charge in [-0.25, -0.2) is 4.39 Å². The Balaban J connectivity index is 2.04. The van der Waals surface area contributed by atoms with Gasteiger partial charge in [0.2, 0.25) is 5.95 Å². The third kappa shape index (κ3) is 2.62. The maximum atomic E-state index is 13.2. The highest BCUT2D eigenvalue weighted by molar-refractivity contribution is 5.89. The number of nitrogens with one attached hydrogen (secondary N) is 3. The number of fused-ring (bicyclic) bond motifs is 1. The number of aromatic nitrogens is 4. The van der Waals surface area contributed by atoms with Crippen molar-refractivity contribution in [1.29, 1.82) is 0 Å². The lowest BCUT2D eigenvalue weighted by Gasteiger charge is -2.11. The second-order valence-corrected chi connectivity index (χ2v) is 4.64. The molecule has 3 N–H and O–H groups in total. The van der Waals surface area contributed by atoms with E-state index in [1.54, 1.807) is 12.3 Å². The lowest BCUT2D eigenvalue weighted by Crippen LogP contribution is -2.05. The first-order valence-electron chi connectivity index (χ1n) is 6.65. The predicted octanol–water partition coefficient (Wildman–Crippen LogP) is 2.98. The van der Waals surface area contributed by atoms with E-state index in [0.29, 0.717) is 24.0 Å². The lowest BCUT2D eigenvalue weighted by molar-refractivity contribution is 0.627. The van der Waals surface area contributed by atoms with E-state index in [1.807, 2.05) is 13.8 Å². The zero-order valence-corrected chi connectivity index (χ0v) is 11.7. The fraction of sp³-hybridized carbons (Fsp3) is 0.214. The number of halogens is 1. The van der Waals surface area contributed by atoms with E-state index in [-0.39, 0.29) is 5.82 Å². The number of aromatic amines is 1. The molecule has 3 aromatic rings. The minimum Gasteiger partial charge on any atom is -0.354 e. The molecule has 0 saturated carbocycles. The molecule has 21 heavy (non-hydrogen) atoms. The summed E-state index contributed by atoms with van der Waals surface area (Å²) in [4.78, 5) is 8.76. The van der Waals surface area contributed by atoms with Crippen molar-refractivity contribution in [2.24, 2.45) is 0 Å². The maximum absolute atomic E-state index is 13.2. The fourth-order valence-electron chi connectivity index (χ4n) is 2.06. The highest BCUT2D eigenvalue weighted by Gasteiger charge is 2.10. The predicted molar refractivity (Wildman–Crippen MR) is 80.3 cm³/mol. The average Bonchev–Trinajstić information content (AvgIpc) is 2.91.